The number of nitrogens with one attached hydrogen (secondary N) is 1. The molecule has 0 fully saturated rings. The number of rotatable bonds is 5. The highest BCUT2D eigenvalue weighted by Crippen LogP contribution is 2.32. The number of para-hydroxylation sites is 2. The van der Waals surface area contributed by atoms with Gasteiger partial charge in [-0.05, 0) is 48.9 Å². The van der Waals surface area contributed by atoms with Gasteiger partial charge in [0.2, 0.25) is 0 Å². The minimum atomic E-state index is -0.275. The molecule has 0 saturated heterocycles. The van der Waals surface area contributed by atoms with Crippen molar-refractivity contribution < 1.29 is 9.53 Å². The smallest absolute Gasteiger partial charge is 0.259 e. The molecule has 3 aromatic carbocycles. The van der Waals surface area contributed by atoms with Crippen LogP contribution in [0.3, 0.4) is 0 Å². The third-order valence-electron chi connectivity index (χ3n) is 4.86. The summed E-state index contributed by atoms with van der Waals surface area (Å²) in [5, 5.41) is 8.27. The molecule has 6 heteroatoms. The van der Waals surface area contributed by atoms with Crippen LogP contribution in [0.4, 0.5) is 5.69 Å². The third-order valence-corrected chi connectivity index (χ3v) is 5.27. The van der Waals surface area contributed by atoms with E-state index >= 15 is 0 Å². The highest BCUT2D eigenvalue weighted by Gasteiger charge is 2.21. The lowest BCUT2D eigenvalue weighted by Gasteiger charge is -2.10. The van der Waals surface area contributed by atoms with E-state index in [9.17, 15) is 4.79 Å². The number of carbonyl (C=O) groups excluding carboxylic acids is 1. The van der Waals surface area contributed by atoms with Crippen LogP contribution >= 0.6 is 11.6 Å². The molecule has 0 radical (unpaired) electrons. The number of anilines is 1. The first-order valence-corrected chi connectivity index (χ1v) is 9.81. The fourth-order valence-corrected chi connectivity index (χ4v) is 3.40. The molecule has 1 aromatic heterocycles. The molecule has 5 nitrogen and oxygen atoms in total. The average molecular weight is 418 g/mol. The highest BCUT2D eigenvalue weighted by molar-refractivity contribution is 6.31. The van der Waals surface area contributed by atoms with Crippen molar-refractivity contribution in [2.24, 2.45) is 0 Å². The molecule has 0 bridgehead atoms. The van der Waals surface area contributed by atoms with E-state index in [0.717, 1.165) is 16.8 Å². The van der Waals surface area contributed by atoms with Crippen molar-refractivity contribution in [1.82, 2.24) is 9.78 Å². The van der Waals surface area contributed by atoms with E-state index in [1.54, 1.807) is 30.1 Å². The minimum Gasteiger partial charge on any atom is -0.496 e. The van der Waals surface area contributed by atoms with Gasteiger partial charge in [0.1, 0.15) is 11.4 Å². The number of ether oxygens (including phenoxy) is 1. The molecule has 0 aliphatic rings. The maximum absolute atomic E-state index is 13.3. The van der Waals surface area contributed by atoms with Gasteiger partial charge in [-0.1, -0.05) is 48.0 Å². The summed E-state index contributed by atoms with van der Waals surface area (Å²) < 4.78 is 7.20. The topological polar surface area (TPSA) is 56.2 Å². The van der Waals surface area contributed by atoms with Gasteiger partial charge in [0.05, 0.1) is 18.4 Å². The standard InChI is InChI=1S/C24H20ClN3O2/c1-16-20(25)12-8-13-21(16)26-24(29)19-15-28(17-9-4-3-5-10-17)27-23(19)18-11-6-7-14-22(18)30-2/h3-15H,1-2H3,(H,26,29). The molecule has 4 rings (SSSR count). The maximum Gasteiger partial charge on any atom is 0.259 e. The summed E-state index contributed by atoms with van der Waals surface area (Å²) in [5.41, 5.74) is 4.03. The van der Waals surface area contributed by atoms with Crippen LogP contribution in [-0.4, -0.2) is 22.8 Å². The Kier molecular flexibility index (Phi) is 5.55. The van der Waals surface area contributed by atoms with E-state index in [-0.39, 0.29) is 5.91 Å². The molecular weight excluding hydrogens is 398 g/mol. The first-order chi connectivity index (χ1) is 14.6. The molecular formula is C24H20ClN3O2. The summed E-state index contributed by atoms with van der Waals surface area (Å²) in [6, 6.07) is 22.6. The van der Waals surface area contributed by atoms with Gasteiger partial charge in [0, 0.05) is 22.5 Å². The van der Waals surface area contributed by atoms with Crippen LogP contribution in [0.2, 0.25) is 5.02 Å². The van der Waals surface area contributed by atoms with E-state index in [4.69, 9.17) is 21.4 Å². The number of methoxy groups -OCH3 is 1. The summed E-state index contributed by atoms with van der Waals surface area (Å²) in [4.78, 5) is 13.3. The first kappa shape index (κ1) is 19.7. The zero-order chi connectivity index (χ0) is 21.1. The first-order valence-electron chi connectivity index (χ1n) is 9.43. The van der Waals surface area contributed by atoms with Crippen LogP contribution in [0, 0.1) is 6.92 Å². The van der Waals surface area contributed by atoms with Gasteiger partial charge in [-0.25, -0.2) is 4.68 Å². The lowest BCUT2D eigenvalue weighted by Crippen LogP contribution is -2.13. The quantitative estimate of drug-likeness (QED) is 0.449. The Morgan fingerprint density at radius 1 is 1.00 bits per heavy atom. The Bertz CT molecular complexity index is 1200. The van der Waals surface area contributed by atoms with Gasteiger partial charge in [-0.2, -0.15) is 5.10 Å². The van der Waals surface area contributed by atoms with Crippen molar-refractivity contribution in [2.75, 3.05) is 12.4 Å². The number of hydrogen-bond donors (Lipinski definition) is 1. The Labute approximate surface area is 179 Å². The van der Waals surface area contributed by atoms with Crippen molar-refractivity contribution >= 4 is 23.2 Å². The summed E-state index contributed by atoms with van der Waals surface area (Å²) in [6.45, 7) is 1.87. The summed E-state index contributed by atoms with van der Waals surface area (Å²) in [7, 11) is 1.60. The van der Waals surface area contributed by atoms with E-state index < -0.39 is 0 Å². The van der Waals surface area contributed by atoms with E-state index in [1.165, 1.54) is 0 Å². The Balaban J connectivity index is 1.82. The van der Waals surface area contributed by atoms with Gasteiger partial charge in [0.25, 0.3) is 5.91 Å². The molecule has 0 aliphatic carbocycles. The van der Waals surface area contributed by atoms with Crippen molar-refractivity contribution in [2.45, 2.75) is 6.92 Å². The largest absolute Gasteiger partial charge is 0.496 e. The van der Waals surface area contributed by atoms with E-state index in [0.29, 0.717) is 27.7 Å². The molecule has 1 amide bonds. The molecule has 0 atom stereocenters. The second-order valence-electron chi connectivity index (χ2n) is 6.74. The molecule has 0 aliphatic heterocycles. The van der Waals surface area contributed by atoms with Gasteiger partial charge < -0.3 is 10.1 Å². The van der Waals surface area contributed by atoms with Crippen LogP contribution in [0.1, 0.15) is 15.9 Å². The SMILES string of the molecule is COc1ccccc1-c1nn(-c2ccccc2)cc1C(=O)Nc1cccc(Cl)c1C. The molecule has 1 heterocycles. The molecule has 0 saturated carbocycles. The van der Waals surface area contributed by atoms with Crippen molar-refractivity contribution in [3.63, 3.8) is 0 Å². The number of nitrogens with zero attached hydrogens (tertiary/aromatic N) is 2. The van der Waals surface area contributed by atoms with Crippen molar-refractivity contribution in [1.29, 1.82) is 0 Å². The summed E-state index contributed by atoms with van der Waals surface area (Å²) in [6.07, 6.45) is 1.73. The molecule has 0 unspecified atom stereocenters. The predicted octanol–water partition coefficient (Wildman–Crippen LogP) is 5.76. The van der Waals surface area contributed by atoms with Crippen LogP contribution in [0.15, 0.2) is 79.0 Å². The lowest BCUT2D eigenvalue weighted by molar-refractivity contribution is 0.102. The number of amides is 1. The lowest BCUT2D eigenvalue weighted by atomic mass is 10.1. The fourth-order valence-electron chi connectivity index (χ4n) is 3.22. The third kappa shape index (κ3) is 3.80. The number of benzene rings is 3. The molecule has 4 aromatic rings. The van der Waals surface area contributed by atoms with Gasteiger partial charge in [-0.15, -0.1) is 0 Å². The fraction of sp³-hybridized carbons (Fsp3) is 0.0833. The molecule has 1 N–H and O–H groups in total. The second kappa shape index (κ2) is 8.43. The molecule has 150 valence electrons. The monoisotopic (exact) mass is 417 g/mol. The highest BCUT2D eigenvalue weighted by atomic mass is 35.5. The number of halogens is 1. The molecule has 30 heavy (non-hydrogen) atoms. The van der Waals surface area contributed by atoms with Crippen molar-refractivity contribution in [3.8, 4) is 22.7 Å². The van der Waals surface area contributed by atoms with Gasteiger partial charge >= 0.3 is 0 Å². The number of carbonyl (C=O) groups is 1. The summed E-state index contributed by atoms with van der Waals surface area (Å²) >= 11 is 6.21. The van der Waals surface area contributed by atoms with E-state index in [1.807, 2.05) is 67.6 Å². The summed E-state index contributed by atoms with van der Waals surface area (Å²) in [5.74, 6) is 0.368. The normalized spacial score (nSPS) is 10.6. The van der Waals surface area contributed by atoms with E-state index in [2.05, 4.69) is 5.32 Å². The Hall–Kier alpha value is -3.57. The van der Waals surface area contributed by atoms with Gasteiger partial charge in [-0.3, -0.25) is 4.79 Å². The molecule has 0 spiro atoms. The maximum atomic E-state index is 13.3. The van der Waals surface area contributed by atoms with Crippen LogP contribution in [-0.2, 0) is 0 Å². The Morgan fingerprint density at radius 3 is 2.50 bits per heavy atom. The zero-order valence-electron chi connectivity index (χ0n) is 16.6. The second-order valence-corrected chi connectivity index (χ2v) is 7.15. The Morgan fingerprint density at radius 2 is 1.73 bits per heavy atom. The number of hydrogen-bond acceptors (Lipinski definition) is 3. The van der Waals surface area contributed by atoms with Crippen molar-refractivity contribution in [3.05, 3.63) is 95.1 Å². The van der Waals surface area contributed by atoms with Crippen LogP contribution in [0.25, 0.3) is 16.9 Å². The van der Waals surface area contributed by atoms with Crippen LogP contribution < -0.4 is 10.1 Å². The zero-order valence-corrected chi connectivity index (χ0v) is 17.4. The predicted molar refractivity (Wildman–Crippen MR) is 120 cm³/mol. The minimum absolute atomic E-state index is 0.275. The number of aromatic nitrogens is 2. The van der Waals surface area contributed by atoms with Crippen LogP contribution in [0.5, 0.6) is 5.75 Å². The average Bonchev–Trinajstić information content (AvgIpc) is 3.23. The van der Waals surface area contributed by atoms with Gasteiger partial charge in [0.15, 0.2) is 0 Å².